The van der Waals surface area contributed by atoms with E-state index in [0.717, 1.165) is 12.2 Å². The minimum atomic E-state index is 0.00719. The predicted molar refractivity (Wildman–Crippen MR) is 84.2 cm³/mol. The fraction of sp³-hybridized carbons (Fsp3) is 0.647. The second-order valence-corrected chi connectivity index (χ2v) is 5.64. The molecule has 3 heteroatoms. The van der Waals surface area contributed by atoms with Gasteiger partial charge in [-0.15, -0.1) is 0 Å². The summed E-state index contributed by atoms with van der Waals surface area (Å²) < 4.78 is 5.84. The van der Waals surface area contributed by atoms with Gasteiger partial charge in [-0.2, -0.15) is 0 Å². The molecule has 0 aliphatic rings. The van der Waals surface area contributed by atoms with Crippen LogP contribution in [-0.2, 0) is 6.42 Å². The van der Waals surface area contributed by atoms with Crippen LogP contribution >= 0.6 is 0 Å². The van der Waals surface area contributed by atoms with E-state index in [0.29, 0.717) is 6.73 Å². The van der Waals surface area contributed by atoms with Gasteiger partial charge in [0.2, 0.25) is 0 Å². The molecule has 0 aromatic heterocycles. The maximum Gasteiger partial charge on any atom is 0.143 e. The van der Waals surface area contributed by atoms with Gasteiger partial charge in [0, 0.05) is 0 Å². The molecule has 0 amide bonds. The molecule has 1 N–H and O–H groups in total. The fourth-order valence-corrected chi connectivity index (χ4v) is 2.28. The second kappa shape index (κ2) is 8.28. The molecule has 114 valence electrons. The van der Waals surface area contributed by atoms with E-state index in [1.165, 1.54) is 41.5 Å². The number of benzene rings is 1. The van der Waals surface area contributed by atoms with Crippen LogP contribution in [0.5, 0.6) is 5.75 Å². The molecule has 1 aromatic carbocycles. The molecule has 0 saturated heterocycles. The monoisotopic (exact) mass is 279 g/mol. The van der Waals surface area contributed by atoms with Crippen molar-refractivity contribution in [2.24, 2.45) is 0 Å². The third-order valence-corrected chi connectivity index (χ3v) is 4.01. The zero-order valence-corrected chi connectivity index (χ0v) is 13.6. The quantitative estimate of drug-likeness (QED) is 0.583. The molecule has 0 spiro atoms. The number of unbranched alkanes of at least 4 members (excludes halogenated alkanes) is 2. The summed E-state index contributed by atoms with van der Waals surface area (Å²) in [6, 6.07) is 2.18. The maximum atomic E-state index is 9.02. The van der Waals surface area contributed by atoms with Crippen LogP contribution in [0.25, 0.3) is 0 Å². The smallest absolute Gasteiger partial charge is 0.143 e. The summed E-state index contributed by atoms with van der Waals surface area (Å²) in [6.45, 7) is 9.12. The van der Waals surface area contributed by atoms with Gasteiger partial charge in [0.1, 0.15) is 12.5 Å². The van der Waals surface area contributed by atoms with Gasteiger partial charge in [0.05, 0.1) is 6.73 Å². The largest absolute Gasteiger partial charge is 0.478 e. The molecular formula is C17H29NO2. The lowest BCUT2D eigenvalue weighted by Gasteiger charge is -2.19. The Bertz CT molecular complexity index is 429. The topological polar surface area (TPSA) is 32.7 Å². The first kappa shape index (κ1) is 17.0. The van der Waals surface area contributed by atoms with Crippen molar-refractivity contribution in [3.63, 3.8) is 0 Å². The van der Waals surface area contributed by atoms with Crippen LogP contribution < -0.4 is 4.74 Å². The molecule has 20 heavy (non-hydrogen) atoms. The van der Waals surface area contributed by atoms with Gasteiger partial charge in [-0.3, -0.25) is 4.90 Å². The van der Waals surface area contributed by atoms with E-state index >= 15 is 0 Å². The van der Waals surface area contributed by atoms with E-state index in [9.17, 15) is 0 Å². The molecule has 1 rings (SSSR count). The first-order valence-electron chi connectivity index (χ1n) is 7.53. The van der Waals surface area contributed by atoms with Gasteiger partial charge < -0.3 is 9.84 Å². The molecule has 0 fully saturated rings. The number of ether oxygens (including phenoxy) is 1. The molecule has 0 radical (unpaired) electrons. The summed E-state index contributed by atoms with van der Waals surface area (Å²) in [6.07, 6.45) is 4.87. The molecule has 0 saturated carbocycles. The van der Waals surface area contributed by atoms with Crippen molar-refractivity contribution in [3.8, 4) is 5.75 Å². The highest BCUT2D eigenvalue weighted by Gasteiger charge is 2.11. The minimum Gasteiger partial charge on any atom is -0.478 e. The SMILES string of the molecule is CCCCCc1cc(OCN(C)CO)c(C)c(C)c1C. The molecule has 1 aromatic rings. The Morgan fingerprint density at radius 2 is 1.80 bits per heavy atom. The summed E-state index contributed by atoms with van der Waals surface area (Å²) >= 11 is 0. The average Bonchev–Trinajstić information content (AvgIpc) is 2.45. The molecule has 0 heterocycles. The van der Waals surface area contributed by atoms with Crippen molar-refractivity contribution in [2.45, 2.75) is 53.4 Å². The van der Waals surface area contributed by atoms with Crippen molar-refractivity contribution in [2.75, 3.05) is 20.5 Å². The molecule has 0 bridgehead atoms. The van der Waals surface area contributed by atoms with Crippen LogP contribution in [0.4, 0.5) is 0 Å². The van der Waals surface area contributed by atoms with Gasteiger partial charge in [-0.05, 0) is 69.0 Å². The van der Waals surface area contributed by atoms with E-state index in [2.05, 4.69) is 33.8 Å². The van der Waals surface area contributed by atoms with Crippen LogP contribution in [0.3, 0.4) is 0 Å². The number of aliphatic hydroxyl groups is 1. The lowest BCUT2D eigenvalue weighted by Crippen LogP contribution is -2.24. The van der Waals surface area contributed by atoms with Crippen LogP contribution in [0, 0.1) is 20.8 Å². The maximum absolute atomic E-state index is 9.02. The summed E-state index contributed by atoms with van der Waals surface area (Å²) in [5, 5.41) is 9.02. The Labute approximate surface area is 123 Å². The van der Waals surface area contributed by atoms with Crippen molar-refractivity contribution < 1.29 is 9.84 Å². The summed E-state index contributed by atoms with van der Waals surface area (Å²) in [4.78, 5) is 1.73. The molecule has 0 atom stereocenters. The first-order chi connectivity index (χ1) is 9.51. The van der Waals surface area contributed by atoms with Gasteiger partial charge in [0.25, 0.3) is 0 Å². The highest BCUT2D eigenvalue weighted by Crippen LogP contribution is 2.28. The standard InChI is InChI=1S/C17H29NO2/c1-6-7-8-9-16-10-17(20-12-18(5)11-19)15(4)13(2)14(16)3/h10,19H,6-9,11-12H2,1-5H3. The summed E-state index contributed by atoms with van der Waals surface area (Å²) in [5.41, 5.74) is 5.30. The van der Waals surface area contributed by atoms with Crippen molar-refractivity contribution >= 4 is 0 Å². The van der Waals surface area contributed by atoms with Crippen LogP contribution in [-0.4, -0.2) is 30.5 Å². The normalized spacial score (nSPS) is 11.2. The third kappa shape index (κ3) is 4.50. The third-order valence-electron chi connectivity index (χ3n) is 4.01. The van der Waals surface area contributed by atoms with Gasteiger partial charge in [-0.25, -0.2) is 0 Å². The Morgan fingerprint density at radius 1 is 1.10 bits per heavy atom. The number of hydrogen-bond acceptors (Lipinski definition) is 3. The van der Waals surface area contributed by atoms with Crippen molar-refractivity contribution in [3.05, 3.63) is 28.3 Å². The highest BCUT2D eigenvalue weighted by atomic mass is 16.5. The minimum absolute atomic E-state index is 0.00719. The van der Waals surface area contributed by atoms with Gasteiger partial charge >= 0.3 is 0 Å². The van der Waals surface area contributed by atoms with Gasteiger partial charge in [-0.1, -0.05) is 19.8 Å². The molecule has 0 aliphatic carbocycles. The highest BCUT2D eigenvalue weighted by molar-refractivity contribution is 5.48. The number of aliphatic hydroxyl groups excluding tert-OH is 1. The number of nitrogens with zero attached hydrogens (tertiary/aromatic N) is 1. The summed E-state index contributed by atoms with van der Waals surface area (Å²) in [7, 11) is 1.83. The molecular weight excluding hydrogens is 250 g/mol. The van der Waals surface area contributed by atoms with E-state index in [4.69, 9.17) is 9.84 Å². The molecule has 0 unspecified atom stereocenters. The fourth-order valence-electron chi connectivity index (χ4n) is 2.28. The lowest BCUT2D eigenvalue weighted by molar-refractivity contribution is 0.0629. The number of rotatable bonds is 8. The number of aryl methyl sites for hydroxylation is 1. The first-order valence-corrected chi connectivity index (χ1v) is 7.53. The van der Waals surface area contributed by atoms with Gasteiger partial charge in [0.15, 0.2) is 0 Å². The van der Waals surface area contributed by atoms with Crippen LogP contribution in [0.2, 0.25) is 0 Å². The average molecular weight is 279 g/mol. The zero-order chi connectivity index (χ0) is 15.1. The predicted octanol–water partition coefficient (Wildman–Crippen LogP) is 3.56. The Kier molecular flexibility index (Phi) is 7.03. The molecule has 3 nitrogen and oxygen atoms in total. The van der Waals surface area contributed by atoms with E-state index in [1.54, 1.807) is 4.90 Å². The molecule has 0 aliphatic heterocycles. The lowest BCUT2D eigenvalue weighted by atomic mass is 9.94. The Morgan fingerprint density at radius 3 is 2.40 bits per heavy atom. The second-order valence-electron chi connectivity index (χ2n) is 5.64. The summed E-state index contributed by atoms with van der Waals surface area (Å²) in [5.74, 6) is 0.944. The van der Waals surface area contributed by atoms with E-state index in [1.807, 2.05) is 7.05 Å². The van der Waals surface area contributed by atoms with Crippen molar-refractivity contribution in [1.29, 1.82) is 0 Å². The number of hydrogen-bond donors (Lipinski definition) is 1. The Balaban J connectivity index is 2.88. The zero-order valence-electron chi connectivity index (χ0n) is 13.6. The van der Waals surface area contributed by atoms with E-state index in [-0.39, 0.29) is 6.73 Å². The Hall–Kier alpha value is -1.06. The van der Waals surface area contributed by atoms with Crippen LogP contribution in [0.1, 0.15) is 48.4 Å². The van der Waals surface area contributed by atoms with Crippen molar-refractivity contribution in [1.82, 2.24) is 4.90 Å². The van der Waals surface area contributed by atoms with Crippen LogP contribution in [0.15, 0.2) is 6.07 Å². The van der Waals surface area contributed by atoms with E-state index < -0.39 is 0 Å².